The van der Waals surface area contributed by atoms with Gasteiger partial charge < -0.3 is 0 Å². The molecule has 0 aliphatic heterocycles. The Bertz CT molecular complexity index is 74.1. The molecule has 0 spiro atoms. The number of aliphatic hydroxyl groups is 1. The summed E-state index contributed by atoms with van der Waals surface area (Å²) >= 11 is 4.91. The molecule has 0 aliphatic carbocycles. The Morgan fingerprint density at radius 3 is 2.43 bits per heavy atom. The molecule has 0 fully saturated rings. The van der Waals surface area contributed by atoms with Crippen molar-refractivity contribution in [3.63, 3.8) is 0 Å². The van der Waals surface area contributed by atoms with Crippen LogP contribution in [-0.2, 0) is 24.6 Å². The molecular weight excluding hydrogens is 216 g/mol. The summed E-state index contributed by atoms with van der Waals surface area (Å²) < 4.78 is -0.877. The Hall–Kier alpha value is 1.02. The second kappa shape index (κ2) is 3.95. The summed E-state index contributed by atoms with van der Waals surface area (Å²) in [5.74, 6) is 0. The molecule has 41 valence electrons. The molecule has 0 aromatic heterocycles. The first kappa shape index (κ1) is 8.02. The van der Waals surface area contributed by atoms with E-state index in [1.165, 1.54) is 19.8 Å². The third-order valence-electron chi connectivity index (χ3n) is 0.292. The van der Waals surface area contributed by atoms with Gasteiger partial charge in [0, 0.05) is 0 Å². The molecule has 0 aliphatic rings. The van der Waals surface area contributed by atoms with Crippen molar-refractivity contribution in [3.8, 4) is 0 Å². The number of hydrogen-bond donors (Lipinski definition) is 2. The average molecular weight is 219 g/mol. The van der Waals surface area contributed by atoms with E-state index in [1.54, 1.807) is 0 Å². The summed E-state index contributed by atoms with van der Waals surface area (Å²) in [6.07, 6.45) is 0. The van der Waals surface area contributed by atoms with Gasteiger partial charge in [-0.15, -0.1) is 0 Å². The van der Waals surface area contributed by atoms with Crippen molar-refractivity contribution < 1.29 is 29.7 Å². The van der Waals surface area contributed by atoms with Crippen LogP contribution in [0.1, 0.15) is 0 Å². The number of carbonyl (C=O) groups is 1. The summed E-state index contributed by atoms with van der Waals surface area (Å²) in [5.41, 5.74) is 0. The predicted octanol–water partition coefficient (Wildman–Crippen LogP) is -0.0438. The molecule has 1 N–H and O–H groups in total. The first-order valence-corrected chi connectivity index (χ1v) is 4.40. The van der Waals surface area contributed by atoms with E-state index in [1.807, 2.05) is 0 Å². The normalized spacial score (nSPS) is 13.4. The van der Waals surface area contributed by atoms with Crippen LogP contribution in [0.3, 0.4) is 0 Å². The predicted molar refractivity (Wildman–Crippen MR) is 27.6 cm³/mol. The molecule has 0 amide bonds. The number of hydrogen-bond acceptors (Lipinski definition) is 4. The minimum absolute atomic E-state index is 0.312. The van der Waals surface area contributed by atoms with E-state index in [9.17, 15) is 4.79 Å². The maximum absolute atomic E-state index is 10.2. The Labute approximate surface area is 61.8 Å². The summed E-state index contributed by atoms with van der Waals surface area (Å²) in [4.78, 5) is 10.2. The molecule has 0 heterocycles. The van der Waals surface area contributed by atoms with Gasteiger partial charge in [0.05, 0.1) is 0 Å². The van der Waals surface area contributed by atoms with Gasteiger partial charge in [-0.2, -0.15) is 0 Å². The second-order valence-corrected chi connectivity index (χ2v) is 2.99. The van der Waals surface area contributed by atoms with Crippen LogP contribution in [0.15, 0.2) is 0 Å². The molecule has 5 heteroatoms. The van der Waals surface area contributed by atoms with E-state index in [0.717, 1.165) is 10.8 Å². The van der Waals surface area contributed by atoms with Crippen LogP contribution in [0.25, 0.3) is 0 Å². The van der Waals surface area contributed by atoms with Crippen molar-refractivity contribution in [1.82, 2.24) is 0 Å². The standard InChI is InChI=1S/C2H3O2S2.Mo/c3-1-2(4)6-5;/h1,3,5H;. The van der Waals surface area contributed by atoms with Crippen LogP contribution in [0, 0.1) is 0 Å². The first-order chi connectivity index (χ1) is 3.18. The average Bonchev–Trinajstić information content (AvgIpc) is 1.65. The van der Waals surface area contributed by atoms with Gasteiger partial charge >= 0.3 is 61.8 Å². The molecule has 0 aromatic rings. The molecule has 1 atom stereocenters. The van der Waals surface area contributed by atoms with Crippen molar-refractivity contribution in [2.45, 2.75) is 4.49 Å². The van der Waals surface area contributed by atoms with Crippen LogP contribution in [0.5, 0.6) is 0 Å². The van der Waals surface area contributed by atoms with Crippen molar-refractivity contribution in [2.75, 3.05) is 0 Å². The van der Waals surface area contributed by atoms with Gasteiger partial charge in [0.15, 0.2) is 0 Å². The number of rotatable bonds is 1. The Balaban J connectivity index is 3.35. The zero-order valence-electron chi connectivity index (χ0n) is 3.20. The topological polar surface area (TPSA) is 37.3 Å². The summed E-state index contributed by atoms with van der Waals surface area (Å²) in [6.45, 7) is 0. The summed E-state index contributed by atoms with van der Waals surface area (Å²) in [6, 6.07) is 0. The molecule has 0 rings (SSSR count). The maximum atomic E-state index is 10.2. The third-order valence-corrected chi connectivity index (χ3v) is 2.16. The Morgan fingerprint density at radius 1 is 2.00 bits per heavy atom. The van der Waals surface area contributed by atoms with Gasteiger partial charge in [0.1, 0.15) is 0 Å². The van der Waals surface area contributed by atoms with Crippen LogP contribution in [-0.4, -0.2) is 14.7 Å². The monoisotopic (exact) mass is 221 g/mol. The minimum atomic E-state index is -0.877. The molecule has 0 saturated heterocycles. The van der Waals surface area contributed by atoms with E-state index in [0.29, 0.717) is 0 Å². The SMILES string of the molecule is O=C(SS)[CH](O)[Mo]. The fourth-order valence-corrected chi connectivity index (χ4v) is 1.36. The van der Waals surface area contributed by atoms with Crippen LogP contribution in [0.2, 0.25) is 0 Å². The van der Waals surface area contributed by atoms with Crippen LogP contribution < -0.4 is 0 Å². The van der Waals surface area contributed by atoms with E-state index in [4.69, 9.17) is 5.11 Å². The first-order valence-electron chi connectivity index (χ1n) is 1.37. The molecule has 0 aromatic carbocycles. The van der Waals surface area contributed by atoms with Gasteiger partial charge in [0.25, 0.3) is 0 Å². The van der Waals surface area contributed by atoms with Crippen molar-refractivity contribution in [2.24, 2.45) is 0 Å². The Morgan fingerprint density at radius 2 is 2.43 bits per heavy atom. The van der Waals surface area contributed by atoms with E-state index in [2.05, 4.69) is 11.7 Å². The van der Waals surface area contributed by atoms with Crippen molar-refractivity contribution in [3.05, 3.63) is 0 Å². The Kier molecular flexibility index (Phi) is 4.53. The van der Waals surface area contributed by atoms with E-state index < -0.39 is 4.49 Å². The quantitative estimate of drug-likeness (QED) is 0.369. The fraction of sp³-hybridized carbons (Fsp3) is 0.500. The third kappa shape index (κ3) is 3.59. The molecule has 0 saturated carbocycles. The van der Waals surface area contributed by atoms with Gasteiger partial charge in [-0.1, -0.05) is 0 Å². The van der Waals surface area contributed by atoms with E-state index >= 15 is 0 Å². The number of thiol groups is 1. The van der Waals surface area contributed by atoms with Crippen LogP contribution >= 0.6 is 22.5 Å². The van der Waals surface area contributed by atoms with Gasteiger partial charge in [-0.25, -0.2) is 0 Å². The number of aliphatic hydroxyl groups excluding tert-OH is 1. The molecule has 0 radical (unpaired) electrons. The zero-order valence-corrected chi connectivity index (χ0v) is 6.91. The number of carbonyl (C=O) groups excluding carboxylic acids is 1. The fourth-order valence-electron chi connectivity index (χ4n) is 0.0451. The molecule has 2 nitrogen and oxygen atoms in total. The van der Waals surface area contributed by atoms with Crippen molar-refractivity contribution >= 4 is 27.6 Å². The molecule has 7 heavy (non-hydrogen) atoms. The van der Waals surface area contributed by atoms with Gasteiger partial charge in [-0.05, 0) is 0 Å². The zero-order chi connectivity index (χ0) is 5.86. The molecular formula is C2H3MoO2S2. The second-order valence-electron chi connectivity index (χ2n) is 0.763. The van der Waals surface area contributed by atoms with Gasteiger partial charge in [-0.3, -0.25) is 0 Å². The van der Waals surface area contributed by atoms with Gasteiger partial charge in [0.2, 0.25) is 0 Å². The summed E-state index contributed by atoms with van der Waals surface area (Å²) in [5, 5.41) is 8.09. The molecule has 1 unspecified atom stereocenters. The van der Waals surface area contributed by atoms with E-state index in [-0.39, 0.29) is 5.12 Å². The summed E-state index contributed by atoms with van der Waals surface area (Å²) in [7, 11) is 0.741. The van der Waals surface area contributed by atoms with Crippen LogP contribution in [0.4, 0.5) is 0 Å². The van der Waals surface area contributed by atoms with Crippen molar-refractivity contribution in [1.29, 1.82) is 0 Å². The molecule has 0 bridgehead atoms.